The number of hydrogen-bond acceptors (Lipinski definition) is 3. The largest absolute Gasteiger partial charge is 0.322 e. The van der Waals surface area contributed by atoms with Crippen molar-refractivity contribution in [3.05, 3.63) is 65.5 Å². The first-order valence-electron chi connectivity index (χ1n) is 7.09. The van der Waals surface area contributed by atoms with Gasteiger partial charge in [-0.2, -0.15) is 4.31 Å². The van der Waals surface area contributed by atoms with Crippen molar-refractivity contribution in [1.29, 1.82) is 0 Å². The van der Waals surface area contributed by atoms with Gasteiger partial charge in [0.1, 0.15) is 17.5 Å². The molecule has 0 atom stereocenters. The lowest BCUT2D eigenvalue weighted by Crippen LogP contribution is -2.37. The Morgan fingerprint density at radius 1 is 1.04 bits per heavy atom. The predicted molar refractivity (Wildman–Crippen MR) is 86.6 cm³/mol. The number of carbonyl (C=O) groups excluding carboxylic acids is 1. The van der Waals surface area contributed by atoms with Crippen LogP contribution in [0.4, 0.5) is 18.9 Å². The lowest BCUT2D eigenvalue weighted by atomic mass is 10.2. The smallest absolute Gasteiger partial charge is 0.239 e. The van der Waals surface area contributed by atoms with Gasteiger partial charge in [0.2, 0.25) is 15.9 Å². The Morgan fingerprint density at radius 3 is 2.20 bits per heavy atom. The van der Waals surface area contributed by atoms with Gasteiger partial charge in [-0.25, -0.2) is 21.6 Å². The number of sulfonamides is 1. The van der Waals surface area contributed by atoms with Crippen molar-refractivity contribution >= 4 is 21.6 Å². The second-order valence-corrected chi connectivity index (χ2v) is 7.31. The number of hydrogen-bond donors (Lipinski definition) is 1. The fourth-order valence-electron chi connectivity index (χ4n) is 2.02. The second kappa shape index (κ2) is 7.66. The summed E-state index contributed by atoms with van der Waals surface area (Å²) < 4.78 is 63.9. The molecule has 0 bridgehead atoms. The summed E-state index contributed by atoms with van der Waals surface area (Å²) in [7, 11) is -3.75. The summed E-state index contributed by atoms with van der Waals surface area (Å²) in [5.41, 5.74) is 0.217. The summed E-state index contributed by atoms with van der Waals surface area (Å²) in [4.78, 5) is 12.0. The third-order valence-electron chi connectivity index (χ3n) is 3.27. The molecule has 0 unspecified atom stereocenters. The first-order chi connectivity index (χ1) is 11.6. The van der Waals surface area contributed by atoms with E-state index in [0.29, 0.717) is 11.6 Å². The van der Waals surface area contributed by atoms with Crippen LogP contribution < -0.4 is 5.32 Å². The second-order valence-electron chi connectivity index (χ2n) is 5.33. The average Bonchev–Trinajstić information content (AvgIpc) is 2.50. The molecule has 0 saturated carbocycles. The predicted octanol–water partition coefficient (Wildman–Crippen LogP) is 2.50. The average molecular weight is 372 g/mol. The molecule has 0 aromatic heterocycles. The zero-order chi connectivity index (χ0) is 18.6. The minimum Gasteiger partial charge on any atom is -0.322 e. The van der Waals surface area contributed by atoms with E-state index in [1.165, 1.54) is 24.3 Å². The third kappa shape index (κ3) is 5.57. The molecule has 0 spiro atoms. The number of rotatable bonds is 6. The summed E-state index contributed by atoms with van der Waals surface area (Å²) >= 11 is 0. The maximum absolute atomic E-state index is 13.5. The van der Waals surface area contributed by atoms with Crippen LogP contribution in [0.1, 0.15) is 5.56 Å². The van der Waals surface area contributed by atoms with E-state index in [2.05, 4.69) is 5.32 Å². The SMILES string of the molecule is CS(=O)(=O)N(CC(=O)Nc1ccc(F)cc1F)Cc1ccc(F)cc1. The zero-order valence-electron chi connectivity index (χ0n) is 13.2. The lowest BCUT2D eigenvalue weighted by Gasteiger charge is -2.19. The number of carbonyl (C=O) groups is 1. The molecule has 0 radical (unpaired) electrons. The van der Waals surface area contributed by atoms with Crippen LogP contribution in [-0.2, 0) is 21.4 Å². The maximum Gasteiger partial charge on any atom is 0.239 e. The van der Waals surface area contributed by atoms with Crippen LogP contribution in [0.3, 0.4) is 0 Å². The highest BCUT2D eigenvalue weighted by Crippen LogP contribution is 2.15. The van der Waals surface area contributed by atoms with Gasteiger partial charge in [0.25, 0.3) is 0 Å². The Hall–Kier alpha value is -2.39. The molecule has 0 aliphatic heterocycles. The quantitative estimate of drug-likeness (QED) is 0.847. The minimum absolute atomic E-state index is 0.154. The van der Waals surface area contributed by atoms with Gasteiger partial charge in [0, 0.05) is 12.6 Å². The van der Waals surface area contributed by atoms with E-state index in [1.807, 2.05) is 0 Å². The fourth-order valence-corrected chi connectivity index (χ4v) is 2.76. The number of benzene rings is 2. The summed E-state index contributed by atoms with van der Waals surface area (Å²) in [6, 6.07) is 7.73. The highest BCUT2D eigenvalue weighted by atomic mass is 32.2. The van der Waals surface area contributed by atoms with Crippen molar-refractivity contribution in [2.45, 2.75) is 6.54 Å². The van der Waals surface area contributed by atoms with Crippen molar-refractivity contribution in [1.82, 2.24) is 4.31 Å². The summed E-state index contributed by atoms with van der Waals surface area (Å²) in [5.74, 6) is -3.04. The Labute approximate surface area is 143 Å². The summed E-state index contributed by atoms with van der Waals surface area (Å²) in [6.07, 6.45) is 0.919. The first kappa shape index (κ1) is 18.9. The van der Waals surface area contributed by atoms with Crippen molar-refractivity contribution in [3.63, 3.8) is 0 Å². The van der Waals surface area contributed by atoms with E-state index in [0.717, 1.165) is 22.7 Å². The van der Waals surface area contributed by atoms with E-state index in [9.17, 15) is 26.4 Å². The van der Waals surface area contributed by atoms with Crippen LogP contribution in [0, 0.1) is 17.5 Å². The van der Waals surface area contributed by atoms with Gasteiger partial charge >= 0.3 is 0 Å². The third-order valence-corrected chi connectivity index (χ3v) is 4.46. The van der Waals surface area contributed by atoms with Crippen molar-refractivity contribution in [2.75, 3.05) is 18.1 Å². The topological polar surface area (TPSA) is 66.5 Å². The monoisotopic (exact) mass is 372 g/mol. The number of nitrogens with one attached hydrogen (secondary N) is 1. The van der Waals surface area contributed by atoms with Gasteiger partial charge in [-0.05, 0) is 29.8 Å². The highest BCUT2D eigenvalue weighted by molar-refractivity contribution is 7.88. The summed E-state index contributed by atoms with van der Waals surface area (Å²) in [6.45, 7) is -0.731. The van der Waals surface area contributed by atoms with Gasteiger partial charge < -0.3 is 5.32 Å². The van der Waals surface area contributed by atoms with E-state index < -0.39 is 39.9 Å². The summed E-state index contributed by atoms with van der Waals surface area (Å²) in [5, 5.41) is 2.19. The molecule has 2 aromatic rings. The van der Waals surface area contributed by atoms with E-state index in [1.54, 1.807) is 0 Å². The van der Waals surface area contributed by atoms with E-state index >= 15 is 0 Å². The van der Waals surface area contributed by atoms with Crippen LogP contribution in [0.2, 0.25) is 0 Å². The Morgan fingerprint density at radius 2 is 1.64 bits per heavy atom. The number of nitrogens with zero attached hydrogens (tertiary/aromatic N) is 1. The van der Waals surface area contributed by atoms with Crippen LogP contribution in [-0.4, -0.2) is 31.4 Å². The molecular formula is C16H15F3N2O3S. The molecule has 25 heavy (non-hydrogen) atoms. The molecular weight excluding hydrogens is 357 g/mol. The molecule has 1 amide bonds. The Bertz CT molecular complexity index is 871. The fraction of sp³-hybridized carbons (Fsp3) is 0.188. The molecule has 0 aliphatic rings. The van der Waals surface area contributed by atoms with Crippen LogP contribution >= 0.6 is 0 Å². The zero-order valence-corrected chi connectivity index (χ0v) is 14.0. The molecule has 5 nitrogen and oxygen atoms in total. The lowest BCUT2D eigenvalue weighted by molar-refractivity contribution is -0.116. The van der Waals surface area contributed by atoms with Crippen LogP contribution in [0.5, 0.6) is 0 Å². The van der Waals surface area contributed by atoms with Crippen molar-refractivity contribution in [3.8, 4) is 0 Å². The highest BCUT2D eigenvalue weighted by Gasteiger charge is 2.21. The molecule has 0 saturated heterocycles. The van der Waals surface area contributed by atoms with Crippen LogP contribution in [0.25, 0.3) is 0 Å². The molecule has 134 valence electrons. The molecule has 0 aliphatic carbocycles. The minimum atomic E-state index is -3.75. The molecule has 0 fully saturated rings. The normalized spacial score (nSPS) is 11.6. The van der Waals surface area contributed by atoms with E-state index in [-0.39, 0.29) is 12.2 Å². The van der Waals surface area contributed by atoms with Gasteiger partial charge in [0.15, 0.2) is 0 Å². The molecule has 1 N–H and O–H groups in total. The molecule has 2 aromatic carbocycles. The van der Waals surface area contributed by atoms with Gasteiger partial charge in [-0.3, -0.25) is 4.79 Å². The van der Waals surface area contributed by atoms with Crippen LogP contribution in [0.15, 0.2) is 42.5 Å². The molecule has 2 rings (SSSR count). The Balaban J connectivity index is 2.11. The van der Waals surface area contributed by atoms with Gasteiger partial charge in [-0.1, -0.05) is 12.1 Å². The number of amides is 1. The maximum atomic E-state index is 13.5. The molecule has 0 heterocycles. The first-order valence-corrected chi connectivity index (χ1v) is 8.94. The Kier molecular flexibility index (Phi) is 5.81. The van der Waals surface area contributed by atoms with Gasteiger partial charge in [0.05, 0.1) is 18.5 Å². The van der Waals surface area contributed by atoms with Crippen molar-refractivity contribution < 1.29 is 26.4 Å². The number of anilines is 1. The van der Waals surface area contributed by atoms with Gasteiger partial charge in [-0.15, -0.1) is 0 Å². The standard InChI is InChI=1S/C16H15F3N2O3S/c1-25(23,24)21(9-11-2-4-12(17)5-3-11)10-16(22)20-15-7-6-13(18)8-14(15)19/h2-8H,9-10H2,1H3,(H,20,22). The number of halogens is 3. The molecule has 9 heteroatoms. The van der Waals surface area contributed by atoms with Crippen molar-refractivity contribution in [2.24, 2.45) is 0 Å². The van der Waals surface area contributed by atoms with E-state index in [4.69, 9.17) is 0 Å².